The molecule has 0 radical (unpaired) electrons. The molecule has 4 nitrogen and oxygen atoms in total. The van der Waals surface area contributed by atoms with Crippen molar-refractivity contribution >= 4 is 34.1 Å². The highest BCUT2D eigenvalue weighted by atomic mass is 32.2. The van der Waals surface area contributed by atoms with Gasteiger partial charge in [0.15, 0.2) is 0 Å². The molecule has 7 heteroatoms. The topological polar surface area (TPSA) is 54.9 Å². The van der Waals surface area contributed by atoms with Gasteiger partial charge in [0.25, 0.3) is 0 Å². The molecular weight excluding hydrogens is 357 g/mol. The number of aromatic nitrogens is 2. The van der Waals surface area contributed by atoms with Gasteiger partial charge in [0.2, 0.25) is 11.0 Å². The first-order chi connectivity index (χ1) is 12.1. The number of anilines is 1. The molecule has 25 heavy (non-hydrogen) atoms. The molecular formula is C18H16FN3OS2. The highest BCUT2D eigenvalue weighted by Crippen LogP contribution is 2.26. The Bertz CT molecular complexity index is 848. The van der Waals surface area contributed by atoms with Crippen LogP contribution >= 0.6 is 23.1 Å². The summed E-state index contributed by atoms with van der Waals surface area (Å²) in [5, 5.41) is 12.2. The van der Waals surface area contributed by atoms with E-state index in [2.05, 4.69) is 15.5 Å². The van der Waals surface area contributed by atoms with Crippen molar-refractivity contribution < 1.29 is 9.18 Å². The summed E-state index contributed by atoms with van der Waals surface area (Å²) >= 11 is 2.81. The zero-order valence-corrected chi connectivity index (χ0v) is 15.2. The van der Waals surface area contributed by atoms with Crippen LogP contribution in [-0.2, 0) is 10.5 Å². The van der Waals surface area contributed by atoms with Gasteiger partial charge in [0.1, 0.15) is 10.8 Å². The minimum Gasteiger partial charge on any atom is -0.300 e. The third-order valence-corrected chi connectivity index (χ3v) is 5.28. The Hall–Kier alpha value is -2.25. The molecule has 0 atom stereocenters. The van der Waals surface area contributed by atoms with Crippen LogP contribution in [0, 0.1) is 12.7 Å². The minimum atomic E-state index is -0.257. The quantitative estimate of drug-likeness (QED) is 0.690. The average Bonchev–Trinajstić information content (AvgIpc) is 3.06. The van der Waals surface area contributed by atoms with Gasteiger partial charge in [0.05, 0.1) is 5.75 Å². The molecule has 1 heterocycles. The lowest BCUT2D eigenvalue weighted by molar-refractivity contribution is -0.113. The summed E-state index contributed by atoms with van der Waals surface area (Å²) in [6.45, 7) is 2.03. The number of aryl methyl sites for hydroxylation is 1. The van der Waals surface area contributed by atoms with Crippen LogP contribution in [-0.4, -0.2) is 21.9 Å². The lowest BCUT2D eigenvalue weighted by atomic mass is 10.2. The first kappa shape index (κ1) is 17.6. The van der Waals surface area contributed by atoms with E-state index in [1.165, 1.54) is 40.8 Å². The highest BCUT2D eigenvalue weighted by Gasteiger charge is 2.10. The largest absolute Gasteiger partial charge is 0.300 e. The molecule has 3 rings (SSSR count). The lowest BCUT2D eigenvalue weighted by Gasteiger charge is -2.02. The highest BCUT2D eigenvalue weighted by molar-refractivity contribution is 7.99. The number of halogens is 1. The second kappa shape index (κ2) is 8.22. The molecule has 2 aromatic carbocycles. The molecule has 0 bridgehead atoms. The number of amides is 1. The van der Waals surface area contributed by atoms with E-state index in [-0.39, 0.29) is 11.7 Å². The number of carbonyl (C=O) groups is 1. The molecule has 0 fully saturated rings. The van der Waals surface area contributed by atoms with Gasteiger partial charge >= 0.3 is 0 Å². The maximum absolute atomic E-state index is 12.8. The van der Waals surface area contributed by atoms with E-state index in [1.54, 1.807) is 12.1 Å². The van der Waals surface area contributed by atoms with Gasteiger partial charge in [-0.1, -0.05) is 53.3 Å². The number of nitrogens with zero attached hydrogens (tertiary/aromatic N) is 2. The van der Waals surface area contributed by atoms with Crippen molar-refractivity contribution in [3.8, 4) is 10.6 Å². The fourth-order valence-corrected chi connectivity index (χ4v) is 3.64. The van der Waals surface area contributed by atoms with Crippen LogP contribution < -0.4 is 5.32 Å². The van der Waals surface area contributed by atoms with Crippen LogP contribution in [0.15, 0.2) is 48.5 Å². The van der Waals surface area contributed by atoms with Gasteiger partial charge in [0, 0.05) is 11.3 Å². The Labute approximate surface area is 153 Å². The van der Waals surface area contributed by atoms with Crippen LogP contribution in [0.5, 0.6) is 0 Å². The SMILES string of the molecule is Cc1ccc(-c2nnc(NC(=O)CSCc3ccc(F)cc3)s2)cc1. The molecule has 0 saturated heterocycles. The van der Waals surface area contributed by atoms with E-state index < -0.39 is 0 Å². The second-order valence-corrected chi connectivity index (χ2v) is 7.41. The van der Waals surface area contributed by atoms with E-state index in [1.807, 2.05) is 31.2 Å². The maximum Gasteiger partial charge on any atom is 0.236 e. The van der Waals surface area contributed by atoms with Crippen LogP contribution in [0.4, 0.5) is 9.52 Å². The minimum absolute atomic E-state index is 0.126. The molecule has 0 aliphatic heterocycles. The molecule has 1 amide bonds. The molecule has 0 spiro atoms. The van der Waals surface area contributed by atoms with E-state index in [0.29, 0.717) is 16.6 Å². The molecule has 1 N–H and O–H groups in total. The zero-order chi connectivity index (χ0) is 17.6. The van der Waals surface area contributed by atoms with Gasteiger partial charge in [-0.2, -0.15) is 0 Å². The summed E-state index contributed by atoms with van der Waals surface area (Å²) < 4.78 is 12.8. The zero-order valence-electron chi connectivity index (χ0n) is 13.5. The van der Waals surface area contributed by atoms with Crippen LogP contribution in [0.2, 0.25) is 0 Å². The van der Waals surface area contributed by atoms with Crippen LogP contribution in [0.3, 0.4) is 0 Å². The summed E-state index contributed by atoms with van der Waals surface area (Å²) in [5.41, 5.74) is 3.14. The predicted octanol–water partition coefficient (Wildman–Crippen LogP) is 4.52. The normalized spacial score (nSPS) is 10.6. The van der Waals surface area contributed by atoms with Gasteiger partial charge in [-0.3, -0.25) is 10.1 Å². The fraction of sp³-hybridized carbons (Fsp3) is 0.167. The summed E-state index contributed by atoms with van der Waals surface area (Å²) in [4.78, 5) is 12.0. The van der Waals surface area contributed by atoms with Crippen molar-refractivity contribution in [3.05, 3.63) is 65.5 Å². The Balaban J connectivity index is 1.49. The molecule has 128 valence electrons. The van der Waals surface area contributed by atoms with Gasteiger partial charge < -0.3 is 0 Å². The summed E-state index contributed by atoms with van der Waals surface area (Å²) in [5.74, 6) is 0.570. The molecule has 0 saturated carbocycles. The maximum atomic E-state index is 12.8. The molecule has 0 unspecified atom stereocenters. The number of carbonyl (C=O) groups excluding carboxylic acids is 1. The first-order valence-corrected chi connectivity index (χ1v) is 9.60. The predicted molar refractivity (Wildman–Crippen MR) is 101 cm³/mol. The van der Waals surface area contributed by atoms with Crippen molar-refractivity contribution in [1.82, 2.24) is 10.2 Å². The van der Waals surface area contributed by atoms with Gasteiger partial charge in [-0.05, 0) is 24.6 Å². The molecule has 1 aromatic heterocycles. The number of thioether (sulfide) groups is 1. The Kier molecular flexibility index (Phi) is 5.78. The van der Waals surface area contributed by atoms with E-state index in [4.69, 9.17) is 0 Å². The Morgan fingerprint density at radius 1 is 1.12 bits per heavy atom. The van der Waals surface area contributed by atoms with Crippen molar-refractivity contribution in [2.45, 2.75) is 12.7 Å². The van der Waals surface area contributed by atoms with Crippen molar-refractivity contribution in [3.63, 3.8) is 0 Å². The summed E-state index contributed by atoms with van der Waals surface area (Å²) in [6, 6.07) is 14.3. The van der Waals surface area contributed by atoms with Crippen molar-refractivity contribution in [2.75, 3.05) is 11.1 Å². The second-order valence-electron chi connectivity index (χ2n) is 5.45. The van der Waals surface area contributed by atoms with Crippen LogP contribution in [0.1, 0.15) is 11.1 Å². The Morgan fingerprint density at radius 2 is 1.84 bits per heavy atom. The number of hydrogen-bond acceptors (Lipinski definition) is 5. The van der Waals surface area contributed by atoms with Gasteiger partial charge in [-0.15, -0.1) is 22.0 Å². The number of rotatable bonds is 6. The third kappa shape index (κ3) is 5.11. The Morgan fingerprint density at radius 3 is 2.56 bits per heavy atom. The summed E-state index contributed by atoms with van der Waals surface area (Å²) in [6.07, 6.45) is 0. The average molecular weight is 373 g/mol. The van der Waals surface area contributed by atoms with E-state index in [9.17, 15) is 9.18 Å². The summed E-state index contributed by atoms with van der Waals surface area (Å²) in [7, 11) is 0. The molecule has 0 aliphatic rings. The first-order valence-electron chi connectivity index (χ1n) is 7.63. The standard InChI is InChI=1S/C18H16FN3OS2/c1-12-2-6-14(7-3-12)17-21-22-18(25-17)20-16(23)11-24-10-13-4-8-15(19)9-5-13/h2-9H,10-11H2,1H3,(H,20,22,23). The van der Waals surface area contributed by atoms with Crippen LogP contribution in [0.25, 0.3) is 10.6 Å². The van der Waals surface area contributed by atoms with E-state index >= 15 is 0 Å². The smallest absolute Gasteiger partial charge is 0.236 e. The lowest BCUT2D eigenvalue weighted by Crippen LogP contribution is -2.13. The number of nitrogens with one attached hydrogen (secondary N) is 1. The van der Waals surface area contributed by atoms with Crippen molar-refractivity contribution in [1.29, 1.82) is 0 Å². The molecule has 3 aromatic rings. The van der Waals surface area contributed by atoms with Gasteiger partial charge in [-0.25, -0.2) is 4.39 Å². The van der Waals surface area contributed by atoms with Crippen molar-refractivity contribution in [2.24, 2.45) is 0 Å². The van der Waals surface area contributed by atoms with E-state index in [0.717, 1.165) is 16.1 Å². The number of hydrogen-bond donors (Lipinski definition) is 1. The molecule has 0 aliphatic carbocycles. The number of benzene rings is 2. The monoisotopic (exact) mass is 373 g/mol. The fourth-order valence-electron chi connectivity index (χ4n) is 2.08. The third-order valence-electron chi connectivity index (χ3n) is 3.39.